The van der Waals surface area contributed by atoms with Gasteiger partial charge in [0.25, 0.3) is 0 Å². The van der Waals surface area contributed by atoms with Crippen molar-refractivity contribution in [1.29, 1.82) is 0 Å². The van der Waals surface area contributed by atoms with Crippen molar-refractivity contribution in [2.24, 2.45) is 0 Å². The van der Waals surface area contributed by atoms with Crippen LogP contribution in [0.3, 0.4) is 0 Å². The van der Waals surface area contributed by atoms with Crippen LogP contribution in [0.4, 0.5) is 5.69 Å². The van der Waals surface area contributed by atoms with E-state index in [1.807, 2.05) is 0 Å². The van der Waals surface area contributed by atoms with E-state index in [9.17, 15) is 0 Å². The molecule has 2 aromatic rings. The molecule has 1 N–H and O–H groups in total. The second-order valence-electron chi connectivity index (χ2n) is 5.28. The number of hydrogen-bond acceptors (Lipinski definition) is 2. The molecule has 0 aliphatic carbocycles. The topological polar surface area (TPSA) is 15.3 Å². The Morgan fingerprint density at radius 2 is 1.50 bits per heavy atom. The highest BCUT2D eigenvalue weighted by Gasteiger charge is 2.12. The van der Waals surface area contributed by atoms with Crippen LogP contribution in [0, 0.1) is 0 Å². The molecule has 0 aromatic heterocycles. The molecule has 2 nitrogen and oxygen atoms in total. The molecular formula is C18H24N2. The van der Waals surface area contributed by atoms with Crippen LogP contribution in [-0.2, 0) is 0 Å². The predicted molar refractivity (Wildman–Crippen MR) is 87.3 cm³/mol. The Labute approximate surface area is 122 Å². The predicted octanol–water partition coefficient (Wildman–Crippen LogP) is 3.84. The number of rotatable bonds is 6. The molecule has 2 rings (SSSR count). The Bertz CT molecular complexity index is 503. The minimum Gasteiger partial charge on any atom is -0.378 e. The summed E-state index contributed by atoms with van der Waals surface area (Å²) in [5.74, 6) is 0. The van der Waals surface area contributed by atoms with Crippen LogP contribution in [-0.4, -0.2) is 20.6 Å². The van der Waals surface area contributed by atoms with Crippen LogP contribution in [0.25, 0.3) is 0 Å². The first kappa shape index (κ1) is 14.6. The molecule has 0 saturated heterocycles. The largest absolute Gasteiger partial charge is 0.378 e. The molecule has 0 aliphatic heterocycles. The van der Waals surface area contributed by atoms with Crippen molar-refractivity contribution in [3.8, 4) is 0 Å². The van der Waals surface area contributed by atoms with Crippen molar-refractivity contribution >= 4 is 5.69 Å². The molecule has 0 aliphatic rings. The third-order valence-electron chi connectivity index (χ3n) is 3.47. The Morgan fingerprint density at radius 1 is 0.900 bits per heavy atom. The van der Waals surface area contributed by atoms with E-state index in [2.05, 4.69) is 85.8 Å². The van der Waals surface area contributed by atoms with Gasteiger partial charge in [0.2, 0.25) is 0 Å². The minimum atomic E-state index is 0.271. The van der Waals surface area contributed by atoms with Crippen LogP contribution < -0.4 is 10.2 Å². The zero-order chi connectivity index (χ0) is 14.4. The van der Waals surface area contributed by atoms with E-state index in [0.29, 0.717) is 0 Å². The normalized spacial score (nSPS) is 12.2. The molecule has 1 unspecified atom stereocenters. The standard InChI is InChI=1S/C18H24N2/c1-4-14-19-18(15-8-6-5-7-9-15)16-10-12-17(13-11-16)20(2)3/h5-13,18-19H,4,14H2,1-3H3. The zero-order valence-corrected chi connectivity index (χ0v) is 12.6. The highest BCUT2D eigenvalue weighted by Crippen LogP contribution is 2.24. The highest BCUT2D eigenvalue weighted by atomic mass is 15.1. The van der Waals surface area contributed by atoms with Gasteiger partial charge >= 0.3 is 0 Å². The fraction of sp³-hybridized carbons (Fsp3) is 0.333. The lowest BCUT2D eigenvalue weighted by atomic mass is 9.98. The van der Waals surface area contributed by atoms with Crippen LogP contribution in [0.5, 0.6) is 0 Å². The smallest absolute Gasteiger partial charge is 0.0576 e. The first-order valence-corrected chi connectivity index (χ1v) is 7.28. The Kier molecular flexibility index (Phi) is 5.19. The highest BCUT2D eigenvalue weighted by molar-refractivity contribution is 5.47. The fourth-order valence-electron chi connectivity index (χ4n) is 2.33. The molecule has 0 amide bonds. The molecule has 2 heteroatoms. The Hall–Kier alpha value is -1.80. The van der Waals surface area contributed by atoms with Crippen LogP contribution in [0.2, 0.25) is 0 Å². The SMILES string of the molecule is CCCNC(c1ccccc1)c1ccc(N(C)C)cc1. The average molecular weight is 268 g/mol. The number of nitrogens with zero attached hydrogens (tertiary/aromatic N) is 1. The summed E-state index contributed by atoms with van der Waals surface area (Å²) >= 11 is 0. The maximum absolute atomic E-state index is 3.64. The summed E-state index contributed by atoms with van der Waals surface area (Å²) in [7, 11) is 4.14. The van der Waals surface area contributed by atoms with Gasteiger partial charge in [-0.1, -0.05) is 49.4 Å². The number of anilines is 1. The summed E-state index contributed by atoms with van der Waals surface area (Å²) in [6, 6.07) is 19.7. The number of benzene rings is 2. The molecule has 0 fully saturated rings. The lowest BCUT2D eigenvalue weighted by Crippen LogP contribution is -2.23. The van der Waals surface area contributed by atoms with E-state index in [1.165, 1.54) is 16.8 Å². The van der Waals surface area contributed by atoms with Gasteiger partial charge in [0.15, 0.2) is 0 Å². The molecule has 20 heavy (non-hydrogen) atoms. The number of hydrogen-bond donors (Lipinski definition) is 1. The van der Waals surface area contributed by atoms with Crippen molar-refractivity contribution in [3.05, 3.63) is 65.7 Å². The molecule has 2 aromatic carbocycles. The monoisotopic (exact) mass is 268 g/mol. The van der Waals surface area contributed by atoms with Gasteiger partial charge < -0.3 is 10.2 Å². The average Bonchev–Trinajstić information content (AvgIpc) is 2.49. The molecule has 0 heterocycles. The lowest BCUT2D eigenvalue weighted by Gasteiger charge is -2.21. The van der Waals surface area contributed by atoms with Gasteiger partial charge in [0.1, 0.15) is 0 Å². The van der Waals surface area contributed by atoms with Crippen LogP contribution >= 0.6 is 0 Å². The maximum atomic E-state index is 3.64. The van der Waals surface area contributed by atoms with Crippen LogP contribution in [0.1, 0.15) is 30.5 Å². The first-order valence-electron chi connectivity index (χ1n) is 7.28. The van der Waals surface area contributed by atoms with E-state index >= 15 is 0 Å². The van der Waals surface area contributed by atoms with Crippen molar-refractivity contribution in [2.45, 2.75) is 19.4 Å². The summed E-state index contributed by atoms with van der Waals surface area (Å²) in [4.78, 5) is 2.13. The first-order chi connectivity index (χ1) is 9.72. The fourth-order valence-corrected chi connectivity index (χ4v) is 2.33. The van der Waals surface area contributed by atoms with Crippen molar-refractivity contribution < 1.29 is 0 Å². The molecule has 0 saturated carbocycles. The number of nitrogens with one attached hydrogen (secondary N) is 1. The molecule has 0 spiro atoms. The van der Waals surface area contributed by atoms with Crippen molar-refractivity contribution in [2.75, 3.05) is 25.5 Å². The zero-order valence-electron chi connectivity index (χ0n) is 12.6. The van der Waals surface area contributed by atoms with Gasteiger partial charge in [-0.05, 0) is 36.2 Å². The van der Waals surface area contributed by atoms with E-state index in [1.54, 1.807) is 0 Å². The minimum absolute atomic E-state index is 0.271. The summed E-state index contributed by atoms with van der Waals surface area (Å²) in [5, 5.41) is 3.64. The third-order valence-corrected chi connectivity index (χ3v) is 3.47. The van der Waals surface area contributed by atoms with Gasteiger partial charge in [0.05, 0.1) is 6.04 Å². The third kappa shape index (κ3) is 3.61. The second-order valence-corrected chi connectivity index (χ2v) is 5.28. The van der Waals surface area contributed by atoms with E-state index < -0.39 is 0 Å². The lowest BCUT2D eigenvalue weighted by molar-refractivity contribution is 0.598. The van der Waals surface area contributed by atoms with Crippen molar-refractivity contribution in [1.82, 2.24) is 5.32 Å². The van der Waals surface area contributed by atoms with Gasteiger partial charge in [-0.25, -0.2) is 0 Å². The summed E-state index contributed by atoms with van der Waals surface area (Å²) in [5.41, 5.74) is 3.87. The molecule has 0 bridgehead atoms. The summed E-state index contributed by atoms with van der Waals surface area (Å²) in [6.07, 6.45) is 1.14. The van der Waals surface area contributed by atoms with Crippen molar-refractivity contribution in [3.63, 3.8) is 0 Å². The van der Waals surface area contributed by atoms with E-state index in [-0.39, 0.29) is 6.04 Å². The van der Waals surface area contributed by atoms with Gasteiger partial charge in [0, 0.05) is 19.8 Å². The Balaban J connectivity index is 2.26. The van der Waals surface area contributed by atoms with Crippen LogP contribution in [0.15, 0.2) is 54.6 Å². The van der Waals surface area contributed by atoms with E-state index in [0.717, 1.165) is 13.0 Å². The van der Waals surface area contributed by atoms with Gasteiger partial charge in [-0.2, -0.15) is 0 Å². The molecule has 0 radical (unpaired) electrons. The Morgan fingerprint density at radius 3 is 2.05 bits per heavy atom. The maximum Gasteiger partial charge on any atom is 0.0576 e. The van der Waals surface area contributed by atoms with Gasteiger partial charge in [-0.15, -0.1) is 0 Å². The summed E-state index contributed by atoms with van der Waals surface area (Å²) < 4.78 is 0. The van der Waals surface area contributed by atoms with Gasteiger partial charge in [-0.3, -0.25) is 0 Å². The summed E-state index contributed by atoms with van der Waals surface area (Å²) in [6.45, 7) is 3.22. The van der Waals surface area contributed by atoms with E-state index in [4.69, 9.17) is 0 Å². The quantitative estimate of drug-likeness (QED) is 0.856. The molecule has 106 valence electrons. The molecule has 1 atom stereocenters. The molecular weight excluding hydrogens is 244 g/mol. The second kappa shape index (κ2) is 7.11.